The van der Waals surface area contributed by atoms with Gasteiger partial charge in [-0.2, -0.15) is 0 Å². The van der Waals surface area contributed by atoms with Crippen molar-refractivity contribution in [2.75, 3.05) is 31.1 Å². The topological polar surface area (TPSA) is 19.6 Å². The Morgan fingerprint density at radius 3 is 2.41 bits per heavy atom. The van der Waals surface area contributed by atoms with Gasteiger partial charge in [-0.3, -0.25) is 0 Å². The third kappa shape index (κ3) is 3.98. The molecule has 1 aliphatic rings. The minimum absolute atomic E-state index is 0.666. The van der Waals surface area contributed by atoms with Crippen LogP contribution in [0.3, 0.4) is 0 Å². The summed E-state index contributed by atoms with van der Waals surface area (Å²) < 4.78 is 5.99. The van der Waals surface area contributed by atoms with Gasteiger partial charge in [-0.15, -0.1) is 0 Å². The van der Waals surface area contributed by atoms with Crippen molar-refractivity contribution < 1.29 is 4.42 Å². The molecule has 2 heterocycles. The average Bonchev–Trinajstić information content (AvgIpc) is 3.18. The Hall–Kier alpha value is -2.01. The van der Waals surface area contributed by atoms with Crippen LogP contribution in [0.15, 0.2) is 65.1 Å². The predicted molar refractivity (Wildman–Crippen MR) is 116 cm³/mol. The van der Waals surface area contributed by atoms with Gasteiger partial charge in [0.25, 0.3) is 0 Å². The van der Waals surface area contributed by atoms with E-state index >= 15 is 0 Å². The Labute approximate surface area is 174 Å². The van der Waals surface area contributed by atoms with Crippen LogP contribution >= 0.6 is 35.4 Å². The maximum Gasteiger partial charge on any atom is 0.162 e. The van der Waals surface area contributed by atoms with Gasteiger partial charge >= 0.3 is 0 Å². The highest BCUT2D eigenvalue weighted by atomic mass is 35.5. The highest BCUT2D eigenvalue weighted by molar-refractivity contribution is 7.80. The molecule has 27 heavy (non-hydrogen) atoms. The first-order chi connectivity index (χ1) is 13.1. The van der Waals surface area contributed by atoms with Crippen molar-refractivity contribution in [3.8, 4) is 11.3 Å². The molecule has 1 aliphatic heterocycles. The number of hydrogen-bond donors (Lipinski definition) is 0. The first kappa shape index (κ1) is 18.4. The summed E-state index contributed by atoms with van der Waals surface area (Å²) in [6, 6.07) is 19.4. The van der Waals surface area contributed by atoms with E-state index in [0.29, 0.717) is 10.8 Å². The van der Waals surface area contributed by atoms with E-state index in [2.05, 4.69) is 15.9 Å². The van der Waals surface area contributed by atoms with Crippen molar-refractivity contribution in [3.63, 3.8) is 0 Å². The number of benzene rings is 2. The summed E-state index contributed by atoms with van der Waals surface area (Å²) in [4.78, 5) is 5.24. The molecular weight excluding hydrogens is 399 g/mol. The number of thiocarbonyl (C=S) groups is 1. The van der Waals surface area contributed by atoms with Gasteiger partial charge in [0, 0.05) is 42.5 Å². The van der Waals surface area contributed by atoms with Crippen molar-refractivity contribution in [1.82, 2.24) is 4.90 Å². The number of halogens is 2. The normalized spacial score (nSPS) is 14.4. The summed E-state index contributed by atoms with van der Waals surface area (Å²) in [6.45, 7) is 3.46. The lowest BCUT2D eigenvalue weighted by molar-refractivity contribution is 0.385. The van der Waals surface area contributed by atoms with Crippen LogP contribution < -0.4 is 4.90 Å². The van der Waals surface area contributed by atoms with Crippen LogP contribution in [0.4, 0.5) is 5.69 Å². The zero-order valence-electron chi connectivity index (χ0n) is 14.6. The number of hydrogen-bond acceptors (Lipinski definition) is 3. The van der Waals surface area contributed by atoms with E-state index < -0.39 is 0 Å². The molecular formula is C21H18Cl2N2OS. The van der Waals surface area contributed by atoms with Crippen LogP contribution in [0, 0.1) is 0 Å². The molecule has 0 amide bonds. The smallest absolute Gasteiger partial charge is 0.162 e. The molecule has 4 rings (SSSR count). The molecule has 2 aromatic carbocycles. The molecule has 0 unspecified atom stereocenters. The second-order valence-electron chi connectivity index (χ2n) is 6.40. The molecule has 0 spiro atoms. The standard InChI is InChI=1S/C21H18Cl2N2OS/c22-15-4-3-5-16(14-15)24-10-12-25(13-11-24)21(27)20-9-8-19(26-20)17-6-1-2-7-18(17)23/h1-9,14H,10-13H2. The van der Waals surface area contributed by atoms with Crippen LogP contribution in [-0.2, 0) is 0 Å². The molecule has 0 saturated carbocycles. The highest BCUT2D eigenvalue weighted by Crippen LogP contribution is 2.30. The minimum Gasteiger partial charge on any atom is -0.454 e. The van der Waals surface area contributed by atoms with Crippen LogP contribution in [0.5, 0.6) is 0 Å². The third-order valence-electron chi connectivity index (χ3n) is 4.70. The summed E-state index contributed by atoms with van der Waals surface area (Å²) in [6.07, 6.45) is 0. The third-order valence-corrected chi connectivity index (χ3v) is 5.72. The number of furan rings is 1. The van der Waals surface area contributed by atoms with Crippen LogP contribution in [0.1, 0.15) is 5.76 Å². The molecule has 138 valence electrons. The van der Waals surface area contributed by atoms with Gasteiger partial charge in [-0.25, -0.2) is 0 Å². The minimum atomic E-state index is 0.666. The number of anilines is 1. The maximum atomic E-state index is 6.26. The van der Waals surface area contributed by atoms with Crippen molar-refractivity contribution >= 4 is 46.1 Å². The summed E-state index contributed by atoms with van der Waals surface area (Å²) in [7, 11) is 0. The van der Waals surface area contributed by atoms with Gasteiger partial charge in [-0.05, 0) is 42.5 Å². The summed E-state index contributed by atoms with van der Waals surface area (Å²) in [5.41, 5.74) is 2.02. The fourth-order valence-corrected chi connectivity index (χ4v) is 3.96. The van der Waals surface area contributed by atoms with E-state index in [1.54, 1.807) is 0 Å². The zero-order chi connectivity index (χ0) is 18.8. The van der Waals surface area contributed by atoms with Gasteiger partial charge in [0.05, 0.1) is 5.02 Å². The SMILES string of the molecule is S=C(c1ccc(-c2ccccc2Cl)o1)N1CCN(c2cccc(Cl)c2)CC1. The predicted octanol–water partition coefficient (Wildman–Crippen LogP) is 5.75. The first-order valence-corrected chi connectivity index (χ1v) is 9.93. The summed E-state index contributed by atoms with van der Waals surface area (Å²) >= 11 is 18.0. The number of nitrogens with zero attached hydrogens (tertiary/aromatic N) is 2. The lowest BCUT2D eigenvalue weighted by atomic mass is 10.2. The number of rotatable bonds is 3. The van der Waals surface area contributed by atoms with Gasteiger partial charge in [-0.1, -0.05) is 53.6 Å². The van der Waals surface area contributed by atoms with Crippen LogP contribution in [0.2, 0.25) is 10.0 Å². The van der Waals surface area contributed by atoms with E-state index in [1.165, 1.54) is 0 Å². The van der Waals surface area contributed by atoms with Gasteiger partial charge < -0.3 is 14.2 Å². The van der Waals surface area contributed by atoms with E-state index in [-0.39, 0.29) is 0 Å². The van der Waals surface area contributed by atoms with E-state index in [0.717, 1.165) is 53.2 Å². The van der Waals surface area contributed by atoms with E-state index in [4.69, 9.17) is 39.8 Å². The monoisotopic (exact) mass is 416 g/mol. The lowest BCUT2D eigenvalue weighted by Gasteiger charge is -2.37. The molecule has 0 bridgehead atoms. The molecule has 0 aliphatic carbocycles. The van der Waals surface area contributed by atoms with E-state index in [1.807, 2.05) is 54.6 Å². The molecule has 0 radical (unpaired) electrons. The lowest BCUT2D eigenvalue weighted by Crippen LogP contribution is -2.48. The fraction of sp³-hybridized carbons (Fsp3) is 0.190. The van der Waals surface area contributed by atoms with Crippen molar-refractivity contribution in [2.45, 2.75) is 0 Å². The fourth-order valence-electron chi connectivity index (χ4n) is 3.26. The van der Waals surface area contributed by atoms with Crippen LogP contribution in [-0.4, -0.2) is 36.1 Å². The maximum absolute atomic E-state index is 6.26. The molecule has 0 N–H and O–H groups in total. The van der Waals surface area contributed by atoms with Crippen molar-refractivity contribution in [3.05, 3.63) is 76.5 Å². The van der Waals surface area contributed by atoms with Crippen LogP contribution in [0.25, 0.3) is 11.3 Å². The Morgan fingerprint density at radius 1 is 0.889 bits per heavy atom. The van der Waals surface area contributed by atoms with Crippen molar-refractivity contribution in [1.29, 1.82) is 0 Å². The molecule has 1 aromatic heterocycles. The largest absolute Gasteiger partial charge is 0.454 e. The highest BCUT2D eigenvalue weighted by Gasteiger charge is 2.22. The second-order valence-corrected chi connectivity index (χ2v) is 7.63. The van der Waals surface area contributed by atoms with E-state index in [9.17, 15) is 0 Å². The molecule has 3 nitrogen and oxygen atoms in total. The molecule has 3 aromatic rings. The Kier molecular flexibility index (Phi) is 5.39. The first-order valence-electron chi connectivity index (χ1n) is 8.76. The summed E-state index contributed by atoms with van der Waals surface area (Å²) in [5.74, 6) is 1.44. The van der Waals surface area contributed by atoms with Gasteiger partial charge in [0.2, 0.25) is 0 Å². The average molecular weight is 417 g/mol. The number of piperazine rings is 1. The quantitative estimate of drug-likeness (QED) is 0.505. The van der Waals surface area contributed by atoms with Crippen molar-refractivity contribution in [2.24, 2.45) is 0 Å². The zero-order valence-corrected chi connectivity index (χ0v) is 16.9. The second kappa shape index (κ2) is 7.93. The Bertz CT molecular complexity index is 964. The molecule has 1 saturated heterocycles. The molecule has 1 fully saturated rings. The molecule has 0 atom stereocenters. The molecule has 6 heteroatoms. The van der Waals surface area contributed by atoms with Gasteiger partial charge in [0.1, 0.15) is 10.7 Å². The van der Waals surface area contributed by atoms with Gasteiger partial charge in [0.15, 0.2) is 5.76 Å². The summed E-state index contributed by atoms with van der Waals surface area (Å²) in [5, 5.41) is 1.42. The Morgan fingerprint density at radius 2 is 1.67 bits per heavy atom. The Balaban J connectivity index is 1.43.